The summed E-state index contributed by atoms with van der Waals surface area (Å²) in [6, 6.07) is 8.48. The Hall–Kier alpha value is -1.61. The van der Waals surface area contributed by atoms with Gasteiger partial charge in [0.1, 0.15) is 5.82 Å². The quantitative estimate of drug-likeness (QED) is 0.855. The van der Waals surface area contributed by atoms with E-state index in [4.69, 9.17) is 5.73 Å². The first kappa shape index (κ1) is 10.9. The summed E-state index contributed by atoms with van der Waals surface area (Å²) in [6.45, 7) is 4.09. The number of imidazole rings is 1. The van der Waals surface area contributed by atoms with Gasteiger partial charge in [0.2, 0.25) is 0 Å². The van der Waals surface area contributed by atoms with Gasteiger partial charge in [-0.05, 0) is 31.0 Å². The summed E-state index contributed by atoms with van der Waals surface area (Å²) in [6.07, 6.45) is 4.73. The van der Waals surface area contributed by atoms with E-state index in [1.807, 2.05) is 13.1 Å². The van der Waals surface area contributed by atoms with E-state index in [9.17, 15) is 0 Å². The van der Waals surface area contributed by atoms with Crippen LogP contribution < -0.4 is 5.73 Å². The molecule has 16 heavy (non-hydrogen) atoms. The van der Waals surface area contributed by atoms with Crippen molar-refractivity contribution >= 4 is 0 Å². The number of aryl methyl sites for hydroxylation is 1. The van der Waals surface area contributed by atoms with Crippen molar-refractivity contribution in [1.29, 1.82) is 0 Å². The highest BCUT2D eigenvalue weighted by Gasteiger charge is 2.04. The molecule has 1 atom stereocenters. The Morgan fingerprint density at radius 2 is 2.00 bits per heavy atom. The number of hydrogen-bond acceptors (Lipinski definition) is 2. The molecule has 3 heteroatoms. The van der Waals surface area contributed by atoms with Gasteiger partial charge in [-0.15, -0.1) is 0 Å². The molecule has 0 aliphatic carbocycles. The molecule has 1 heterocycles. The summed E-state index contributed by atoms with van der Waals surface area (Å²) >= 11 is 0. The van der Waals surface area contributed by atoms with Crippen molar-refractivity contribution < 1.29 is 0 Å². The van der Waals surface area contributed by atoms with Crippen LogP contribution in [0, 0.1) is 6.92 Å². The lowest BCUT2D eigenvalue weighted by atomic mass is 10.1. The Labute approximate surface area is 95.9 Å². The van der Waals surface area contributed by atoms with Gasteiger partial charge in [-0.3, -0.25) is 0 Å². The van der Waals surface area contributed by atoms with E-state index in [0.29, 0.717) is 0 Å². The average molecular weight is 215 g/mol. The van der Waals surface area contributed by atoms with Gasteiger partial charge in [0.15, 0.2) is 0 Å². The Morgan fingerprint density at radius 1 is 1.31 bits per heavy atom. The van der Waals surface area contributed by atoms with Gasteiger partial charge in [0.05, 0.1) is 0 Å². The number of nitrogens with zero attached hydrogens (tertiary/aromatic N) is 2. The van der Waals surface area contributed by atoms with E-state index < -0.39 is 0 Å². The molecule has 0 saturated carbocycles. The summed E-state index contributed by atoms with van der Waals surface area (Å²) in [7, 11) is 0. The second-order valence-electron chi connectivity index (χ2n) is 3.95. The van der Waals surface area contributed by atoms with Crippen molar-refractivity contribution in [3.05, 3.63) is 48.0 Å². The number of rotatable bonds is 3. The van der Waals surface area contributed by atoms with Crippen LogP contribution in [0.3, 0.4) is 0 Å². The topological polar surface area (TPSA) is 43.8 Å². The molecule has 2 aromatic rings. The third kappa shape index (κ3) is 1.99. The third-order valence-corrected chi connectivity index (χ3v) is 2.86. The molecule has 0 radical (unpaired) electrons. The smallest absolute Gasteiger partial charge is 0.110 e. The molecule has 0 bridgehead atoms. The molecule has 84 valence electrons. The first-order valence-electron chi connectivity index (χ1n) is 5.58. The molecule has 3 nitrogen and oxygen atoms in total. The monoisotopic (exact) mass is 215 g/mol. The first-order chi connectivity index (χ1) is 7.72. The van der Waals surface area contributed by atoms with Crippen molar-refractivity contribution in [3.8, 4) is 5.69 Å². The van der Waals surface area contributed by atoms with Crippen LogP contribution in [-0.2, 0) is 0 Å². The van der Waals surface area contributed by atoms with Crippen molar-refractivity contribution in [3.63, 3.8) is 0 Å². The standard InChI is InChI=1S/C13H17N3/c1-3-13(14)11-4-6-12(7-5-11)16-9-8-15-10(16)2/h4-9,13H,3,14H2,1-2H3/t13-/m1/s1. The molecular formula is C13H17N3. The maximum absolute atomic E-state index is 5.97. The highest BCUT2D eigenvalue weighted by atomic mass is 15.1. The van der Waals surface area contributed by atoms with E-state index in [0.717, 1.165) is 17.9 Å². The summed E-state index contributed by atoms with van der Waals surface area (Å²) in [5.41, 5.74) is 8.28. The number of aromatic nitrogens is 2. The number of hydrogen-bond donors (Lipinski definition) is 1. The summed E-state index contributed by atoms with van der Waals surface area (Å²) in [5, 5.41) is 0. The maximum Gasteiger partial charge on any atom is 0.110 e. The van der Waals surface area contributed by atoms with Gasteiger partial charge < -0.3 is 10.3 Å². The van der Waals surface area contributed by atoms with E-state index >= 15 is 0 Å². The fraction of sp³-hybridized carbons (Fsp3) is 0.308. The van der Waals surface area contributed by atoms with Crippen LogP contribution in [-0.4, -0.2) is 9.55 Å². The van der Waals surface area contributed by atoms with Gasteiger partial charge in [-0.25, -0.2) is 4.98 Å². The SMILES string of the molecule is CC[C@@H](N)c1ccc(-n2ccnc2C)cc1. The Kier molecular flexibility index (Phi) is 3.06. The summed E-state index contributed by atoms with van der Waals surface area (Å²) < 4.78 is 2.06. The largest absolute Gasteiger partial charge is 0.324 e. The van der Waals surface area contributed by atoms with Crippen LogP contribution in [0.25, 0.3) is 5.69 Å². The molecule has 1 aromatic heterocycles. The van der Waals surface area contributed by atoms with E-state index in [2.05, 4.69) is 40.7 Å². The van der Waals surface area contributed by atoms with Crippen molar-refractivity contribution in [2.75, 3.05) is 0 Å². The van der Waals surface area contributed by atoms with E-state index in [1.165, 1.54) is 5.56 Å². The zero-order chi connectivity index (χ0) is 11.5. The predicted octanol–water partition coefficient (Wildman–Crippen LogP) is 2.59. The zero-order valence-electron chi connectivity index (χ0n) is 9.72. The first-order valence-corrected chi connectivity index (χ1v) is 5.58. The average Bonchev–Trinajstić information content (AvgIpc) is 2.75. The van der Waals surface area contributed by atoms with Crippen LogP contribution in [0.5, 0.6) is 0 Å². The highest BCUT2D eigenvalue weighted by molar-refractivity contribution is 5.36. The highest BCUT2D eigenvalue weighted by Crippen LogP contribution is 2.17. The van der Waals surface area contributed by atoms with Crippen LogP contribution in [0.2, 0.25) is 0 Å². The van der Waals surface area contributed by atoms with Gasteiger partial charge >= 0.3 is 0 Å². The van der Waals surface area contributed by atoms with E-state index in [1.54, 1.807) is 6.20 Å². The van der Waals surface area contributed by atoms with E-state index in [-0.39, 0.29) is 6.04 Å². The minimum Gasteiger partial charge on any atom is -0.324 e. The van der Waals surface area contributed by atoms with Gasteiger partial charge in [0.25, 0.3) is 0 Å². The summed E-state index contributed by atoms with van der Waals surface area (Å²) in [4.78, 5) is 4.20. The predicted molar refractivity (Wildman–Crippen MR) is 65.5 cm³/mol. The molecule has 0 aliphatic rings. The fourth-order valence-electron chi connectivity index (χ4n) is 1.77. The summed E-state index contributed by atoms with van der Waals surface area (Å²) in [5.74, 6) is 0.993. The molecule has 0 unspecified atom stereocenters. The molecule has 0 spiro atoms. The molecule has 0 aliphatic heterocycles. The molecule has 0 fully saturated rings. The van der Waals surface area contributed by atoms with Crippen LogP contribution in [0.15, 0.2) is 36.7 Å². The second-order valence-corrected chi connectivity index (χ2v) is 3.95. The molecular weight excluding hydrogens is 198 g/mol. The Bertz CT molecular complexity index is 456. The normalized spacial score (nSPS) is 12.7. The van der Waals surface area contributed by atoms with Crippen molar-refractivity contribution in [2.45, 2.75) is 26.3 Å². The molecule has 0 amide bonds. The fourth-order valence-corrected chi connectivity index (χ4v) is 1.77. The molecule has 1 aromatic carbocycles. The van der Waals surface area contributed by atoms with Crippen molar-refractivity contribution in [2.24, 2.45) is 5.73 Å². The minimum absolute atomic E-state index is 0.137. The van der Waals surface area contributed by atoms with Gasteiger partial charge in [-0.1, -0.05) is 19.1 Å². The van der Waals surface area contributed by atoms with Gasteiger partial charge in [-0.2, -0.15) is 0 Å². The Balaban J connectivity index is 2.30. The zero-order valence-corrected chi connectivity index (χ0v) is 9.72. The number of nitrogens with two attached hydrogens (primary N) is 1. The van der Waals surface area contributed by atoms with Gasteiger partial charge in [0, 0.05) is 24.1 Å². The maximum atomic E-state index is 5.97. The van der Waals surface area contributed by atoms with Crippen molar-refractivity contribution in [1.82, 2.24) is 9.55 Å². The number of benzene rings is 1. The second kappa shape index (κ2) is 4.49. The minimum atomic E-state index is 0.137. The van der Waals surface area contributed by atoms with Crippen LogP contribution >= 0.6 is 0 Å². The lowest BCUT2D eigenvalue weighted by molar-refractivity contribution is 0.698. The van der Waals surface area contributed by atoms with Crippen LogP contribution in [0.4, 0.5) is 0 Å². The van der Waals surface area contributed by atoms with Crippen LogP contribution in [0.1, 0.15) is 30.8 Å². The third-order valence-electron chi connectivity index (χ3n) is 2.86. The molecule has 0 saturated heterocycles. The lowest BCUT2D eigenvalue weighted by Gasteiger charge is -2.10. The Morgan fingerprint density at radius 3 is 2.50 bits per heavy atom. The molecule has 2 rings (SSSR count). The molecule has 2 N–H and O–H groups in total. The lowest BCUT2D eigenvalue weighted by Crippen LogP contribution is -2.08.